The van der Waals surface area contributed by atoms with Gasteiger partial charge in [-0.1, -0.05) is 19.9 Å². The van der Waals surface area contributed by atoms with Crippen LogP contribution >= 0.6 is 0 Å². The Morgan fingerprint density at radius 3 is 2.72 bits per heavy atom. The third-order valence-electron chi connectivity index (χ3n) is 3.91. The summed E-state index contributed by atoms with van der Waals surface area (Å²) in [7, 11) is 0. The first kappa shape index (κ1) is 13.1. The van der Waals surface area contributed by atoms with Gasteiger partial charge in [0.25, 0.3) is 0 Å². The Morgan fingerprint density at radius 2 is 2.17 bits per heavy atom. The summed E-state index contributed by atoms with van der Waals surface area (Å²) >= 11 is 0. The Hall–Kier alpha value is -1.38. The van der Waals surface area contributed by atoms with E-state index in [1.807, 2.05) is 17.0 Å². The number of likely N-dealkylation sites (tertiary alicyclic amines) is 1. The summed E-state index contributed by atoms with van der Waals surface area (Å²) < 4.78 is 0. The van der Waals surface area contributed by atoms with E-state index in [-0.39, 0.29) is 5.91 Å². The quantitative estimate of drug-likeness (QED) is 0.821. The molecule has 2 heterocycles. The lowest BCUT2D eigenvalue weighted by molar-refractivity contribution is -0.132. The lowest BCUT2D eigenvalue weighted by Crippen LogP contribution is -2.40. The van der Waals surface area contributed by atoms with Gasteiger partial charge in [-0.3, -0.25) is 9.78 Å². The first-order valence-electron chi connectivity index (χ1n) is 6.83. The highest BCUT2D eigenvalue weighted by Gasteiger charge is 2.24. The van der Waals surface area contributed by atoms with Crippen molar-refractivity contribution in [2.45, 2.75) is 33.1 Å². The summed E-state index contributed by atoms with van der Waals surface area (Å²) in [6, 6.07) is 3.85. The smallest absolute Gasteiger partial charge is 0.227 e. The van der Waals surface area contributed by atoms with Crippen LogP contribution in [-0.4, -0.2) is 28.9 Å². The Kier molecular flexibility index (Phi) is 4.34. The summed E-state index contributed by atoms with van der Waals surface area (Å²) in [6.07, 6.45) is 6.30. The van der Waals surface area contributed by atoms with Crippen LogP contribution in [0.3, 0.4) is 0 Å². The Labute approximate surface area is 109 Å². The predicted molar refractivity (Wildman–Crippen MR) is 72.1 cm³/mol. The van der Waals surface area contributed by atoms with Crippen molar-refractivity contribution in [3.63, 3.8) is 0 Å². The number of rotatable bonds is 3. The summed E-state index contributed by atoms with van der Waals surface area (Å²) in [5.74, 6) is 1.76. The lowest BCUT2D eigenvalue weighted by Gasteiger charge is -2.34. The van der Waals surface area contributed by atoms with Gasteiger partial charge in [-0.05, 0) is 36.3 Å². The predicted octanol–water partition coefficient (Wildman–Crippen LogP) is 2.52. The number of nitrogens with zero attached hydrogens (tertiary/aromatic N) is 2. The van der Waals surface area contributed by atoms with E-state index in [1.165, 1.54) is 0 Å². The van der Waals surface area contributed by atoms with E-state index < -0.39 is 0 Å². The molecule has 1 saturated heterocycles. The Morgan fingerprint density at radius 1 is 1.44 bits per heavy atom. The first-order chi connectivity index (χ1) is 8.66. The molecule has 1 aliphatic heterocycles. The molecule has 1 amide bonds. The molecule has 1 aromatic rings. The molecular weight excluding hydrogens is 224 g/mol. The molecule has 0 aromatic carbocycles. The number of carbonyl (C=O) groups excluding carboxylic acids is 1. The molecule has 0 unspecified atom stereocenters. The van der Waals surface area contributed by atoms with Crippen LogP contribution in [0.4, 0.5) is 0 Å². The average Bonchev–Trinajstić information content (AvgIpc) is 2.40. The number of hydrogen-bond donors (Lipinski definition) is 0. The zero-order chi connectivity index (χ0) is 13.0. The van der Waals surface area contributed by atoms with Gasteiger partial charge in [0.15, 0.2) is 0 Å². The van der Waals surface area contributed by atoms with Crippen LogP contribution in [0.15, 0.2) is 24.5 Å². The molecule has 1 fully saturated rings. The van der Waals surface area contributed by atoms with Crippen molar-refractivity contribution < 1.29 is 4.79 Å². The maximum absolute atomic E-state index is 12.1. The molecule has 0 bridgehead atoms. The monoisotopic (exact) mass is 246 g/mol. The summed E-state index contributed by atoms with van der Waals surface area (Å²) in [6.45, 7) is 6.39. The summed E-state index contributed by atoms with van der Waals surface area (Å²) in [5, 5.41) is 0. The summed E-state index contributed by atoms with van der Waals surface area (Å²) in [5.41, 5.74) is 1.01. The number of piperidine rings is 1. The van der Waals surface area contributed by atoms with Crippen molar-refractivity contribution in [1.29, 1.82) is 0 Å². The van der Waals surface area contributed by atoms with Crippen molar-refractivity contribution in [2.24, 2.45) is 11.8 Å². The van der Waals surface area contributed by atoms with Crippen LogP contribution in [0.25, 0.3) is 0 Å². The molecule has 0 spiro atoms. The molecule has 0 aliphatic carbocycles. The normalized spacial score (nSPS) is 17.2. The highest BCUT2D eigenvalue weighted by Crippen LogP contribution is 2.24. The van der Waals surface area contributed by atoms with E-state index in [1.54, 1.807) is 12.4 Å². The fraction of sp³-hybridized carbons (Fsp3) is 0.600. The number of aromatic nitrogens is 1. The molecule has 0 atom stereocenters. The maximum atomic E-state index is 12.1. The molecule has 0 radical (unpaired) electrons. The van der Waals surface area contributed by atoms with Gasteiger partial charge in [-0.2, -0.15) is 0 Å². The largest absolute Gasteiger partial charge is 0.342 e. The molecule has 18 heavy (non-hydrogen) atoms. The molecule has 98 valence electrons. The number of pyridine rings is 1. The van der Waals surface area contributed by atoms with Gasteiger partial charge in [0.1, 0.15) is 0 Å². The molecule has 3 heteroatoms. The minimum atomic E-state index is 0.241. The molecule has 0 N–H and O–H groups in total. The van der Waals surface area contributed by atoms with Gasteiger partial charge in [-0.25, -0.2) is 0 Å². The number of carbonyl (C=O) groups is 1. The van der Waals surface area contributed by atoms with Gasteiger partial charge in [0.05, 0.1) is 6.42 Å². The van der Waals surface area contributed by atoms with Crippen LogP contribution in [0.5, 0.6) is 0 Å². The van der Waals surface area contributed by atoms with Crippen LogP contribution in [0.2, 0.25) is 0 Å². The highest BCUT2D eigenvalue weighted by molar-refractivity contribution is 5.78. The molecule has 2 rings (SSSR count). The number of amides is 1. The van der Waals surface area contributed by atoms with E-state index in [2.05, 4.69) is 18.8 Å². The SMILES string of the molecule is CC(C)C1CCN(C(=O)Cc2cccnc2)CC1. The standard InChI is InChI=1S/C15H22N2O/c1-12(2)14-5-8-17(9-6-14)15(18)10-13-4-3-7-16-11-13/h3-4,7,11-12,14H,5-6,8-10H2,1-2H3. The fourth-order valence-electron chi connectivity index (χ4n) is 2.60. The minimum absolute atomic E-state index is 0.241. The third-order valence-corrected chi connectivity index (χ3v) is 3.91. The minimum Gasteiger partial charge on any atom is -0.342 e. The van der Waals surface area contributed by atoms with Crippen molar-refractivity contribution in [1.82, 2.24) is 9.88 Å². The van der Waals surface area contributed by atoms with Crippen molar-refractivity contribution >= 4 is 5.91 Å². The van der Waals surface area contributed by atoms with E-state index in [9.17, 15) is 4.79 Å². The molecule has 1 aliphatic rings. The van der Waals surface area contributed by atoms with Crippen LogP contribution in [0, 0.1) is 11.8 Å². The lowest BCUT2D eigenvalue weighted by atomic mass is 9.86. The van der Waals surface area contributed by atoms with Crippen molar-refractivity contribution in [3.8, 4) is 0 Å². The Balaban J connectivity index is 1.85. The number of hydrogen-bond acceptors (Lipinski definition) is 2. The third kappa shape index (κ3) is 3.31. The maximum Gasteiger partial charge on any atom is 0.227 e. The fourth-order valence-corrected chi connectivity index (χ4v) is 2.60. The second-order valence-electron chi connectivity index (χ2n) is 5.50. The van der Waals surface area contributed by atoms with Crippen molar-refractivity contribution in [2.75, 3.05) is 13.1 Å². The van der Waals surface area contributed by atoms with Gasteiger partial charge in [0.2, 0.25) is 5.91 Å². The van der Waals surface area contributed by atoms with Crippen LogP contribution in [-0.2, 0) is 11.2 Å². The second kappa shape index (κ2) is 5.98. The summed E-state index contributed by atoms with van der Waals surface area (Å²) in [4.78, 5) is 18.2. The molecule has 0 saturated carbocycles. The van der Waals surface area contributed by atoms with Crippen LogP contribution < -0.4 is 0 Å². The zero-order valence-corrected chi connectivity index (χ0v) is 11.3. The Bertz CT molecular complexity index is 381. The van der Waals surface area contributed by atoms with E-state index >= 15 is 0 Å². The van der Waals surface area contributed by atoms with E-state index in [4.69, 9.17) is 0 Å². The average molecular weight is 246 g/mol. The second-order valence-corrected chi connectivity index (χ2v) is 5.50. The molecule has 3 nitrogen and oxygen atoms in total. The van der Waals surface area contributed by atoms with Crippen LogP contribution in [0.1, 0.15) is 32.3 Å². The highest BCUT2D eigenvalue weighted by atomic mass is 16.2. The molecule has 1 aromatic heterocycles. The van der Waals surface area contributed by atoms with E-state index in [0.717, 1.165) is 43.3 Å². The van der Waals surface area contributed by atoms with Gasteiger partial charge in [0, 0.05) is 25.5 Å². The van der Waals surface area contributed by atoms with Crippen molar-refractivity contribution in [3.05, 3.63) is 30.1 Å². The van der Waals surface area contributed by atoms with Gasteiger partial charge in [-0.15, -0.1) is 0 Å². The van der Waals surface area contributed by atoms with Gasteiger partial charge < -0.3 is 4.90 Å². The first-order valence-corrected chi connectivity index (χ1v) is 6.83. The van der Waals surface area contributed by atoms with E-state index in [0.29, 0.717) is 6.42 Å². The van der Waals surface area contributed by atoms with Gasteiger partial charge >= 0.3 is 0 Å². The topological polar surface area (TPSA) is 33.2 Å². The molecular formula is C15H22N2O. The zero-order valence-electron chi connectivity index (χ0n) is 11.3.